The van der Waals surface area contributed by atoms with Crippen LogP contribution in [0.4, 0.5) is 10.1 Å². The molecule has 166 valence electrons. The number of hydrogen-bond donors (Lipinski definition) is 3. The zero-order chi connectivity index (χ0) is 22.4. The molecule has 0 bridgehead atoms. The third kappa shape index (κ3) is 5.68. The summed E-state index contributed by atoms with van der Waals surface area (Å²) in [6.45, 7) is 3.01. The van der Waals surface area contributed by atoms with E-state index in [1.807, 2.05) is 0 Å². The average Bonchev–Trinajstić information content (AvgIpc) is 3.25. The minimum absolute atomic E-state index is 0.0403. The van der Waals surface area contributed by atoms with Gasteiger partial charge in [0.15, 0.2) is 0 Å². The second-order valence-electron chi connectivity index (χ2n) is 7.83. The molecule has 9 heteroatoms. The molecule has 8 nitrogen and oxygen atoms in total. The molecule has 2 saturated heterocycles. The normalized spacial score (nSPS) is 19.5. The van der Waals surface area contributed by atoms with Crippen LogP contribution in [0.2, 0.25) is 0 Å². The quantitative estimate of drug-likeness (QED) is 0.492. The molecular formula is C22H28FN5O3. The summed E-state index contributed by atoms with van der Waals surface area (Å²) in [6.07, 6.45) is 5.27. The fourth-order valence-electron chi connectivity index (χ4n) is 4.04. The van der Waals surface area contributed by atoms with Gasteiger partial charge < -0.3 is 20.4 Å². The topological polar surface area (TPSA) is 106 Å². The molecular weight excluding hydrogens is 401 g/mol. The van der Waals surface area contributed by atoms with Crippen molar-refractivity contribution in [3.05, 3.63) is 42.4 Å². The number of carbonyl (C=O) groups excluding carboxylic acids is 3. The number of rotatable bonds is 5. The second kappa shape index (κ2) is 10.2. The summed E-state index contributed by atoms with van der Waals surface area (Å²) in [5, 5.41) is 13.2. The molecule has 2 aliphatic heterocycles. The summed E-state index contributed by atoms with van der Waals surface area (Å²) in [7, 11) is 0. The number of para-hydroxylation sites is 1. The Bertz CT molecular complexity index is 880. The van der Waals surface area contributed by atoms with Gasteiger partial charge in [0.25, 0.3) is 0 Å². The lowest BCUT2D eigenvalue weighted by atomic mass is 9.95. The third-order valence-electron chi connectivity index (χ3n) is 5.74. The zero-order valence-electron chi connectivity index (χ0n) is 17.6. The lowest BCUT2D eigenvalue weighted by Crippen LogP contribution is -2.50. The van der Waals surface area contributed by atoms with Crippen LogP contribution in [0.1, 0.15) is 32.6 Å². The Hall–Kier alpha value is -3.23. The van der Waals surface area contributed by atoms with Gasteiger partial charge in [-0.25, -0.2) is 4.39 Å². The molecule has 0 aliphatic carbocycles. The van der Waals surface area contributed by atoms with Gasteiger partial charge >= 0.3 is 0 Å². The molecule has 0 unspecified atom stereocenters. The molecule has 0 radical (unpaired) electrons. The van der Waals surface area contributed by atoms with Gasteiger partial charge in [-0.1, -0.05) is 12.1 Å². The zero-order valence-corrected chi connectivity index (χ0v) is 17.6. The number of nitrogens with one attached hydrogen (secondary N) is 3. The molecule has 2 fully saturated rings. The van der Waals surface area contributed by atoms with Gasteiger partial charge in [-0.2, -0.15) is 0 Å². The van der Waals surface area contributed by atoms with Crippen molar-refractivity contribution in [3.8, 4) is 0 Å². The molecule has 1 atom stereocenters. The van der Waals surface area contributed by atoms with Crippen molar-refractivity contribution >= 4 is 29.2 Å². The molecule has 31 heavy (non-hydrogen) atoms. The van der Waals surface area contributed by atoms with Crippen LogP contribution in [-0.2, 0) is 14.4 Å². The van der Waals surface area contributed by atoms with Gasteiger partial charge in [0.2, 0.25) is 17.7 Å². The number of piperidine rings is 1. The van der Waals surface area contributed by atoms with Gasteiger partial charge in [-0.3, -0.25) is 19.8 Å². The van der Waals surface area contributed by atoms with E-state index < -0.39 is 5.82 Å². The number of halogens is 1. The molecule has 2 heterocycles. The molecule has 0 aromatic heterocycles. The van der Waals surface area contributed by atoms with E-state index in [1.54, 1.807) is 28.0 Å². The molecule has 2 aliphatic rings. The van der Waals surface area contributed by atoms with Gasteiger partial charge in [0, 0.05) is 38.7 Å². The number of nitrogens with zero attached hydrogens (tertiary/aromatic N) is 2. The highest BCUT2D eigenvalue weighted by atomic mass is 19.1. The van der Waals surface area contributed by atoms with Crippen molar-refractivity contribution < 1.29 is 18.8 Å². The highest BCUT2D eigenvalue weighted by Crippen LogP contribution is 2.23. The van der Waals surface area contributed by atoms with E-state index in [2.05, 4.69) is 10.6 Å². The smallest absolute Gasteiger partial charge is 0.245 e. The molecule has 3 rings (SSSR count). The van der Waals surface area contributed by atoms with Crippen molar-refractivity contribution in [2.75, 3.05) is 25.0 Å². The Kier molecular flexibility index (Phi) is 7.38. The number of benzene rings is 1. The molecule has 0 spiro atoms. The molecule has 1 aromatic carbocycles. The summed E-state index contributed by atoms with van der Waals surface area (Å²) < 4.78 is 13.5. The van der Waals surface area contributed by atoms with Crippen LogP contribution in [0.25, 0.3) is 0 Å². The lowest BCUT2D eigenvalue weighted by Gasteiger charge is -2.34. The summed E-state index contributed by atoms with van der Waals surface area (Å²) in [4.78, 5) is 40.3. The number of anilines is 1. The number of hydrogen-bond acceptors (Lipinski definition) is 5. The summed E-state index contributed by atoms with van der Waals surface area (Å²) in [6, 6.07) is 5.78. The number of amidine groups is 1. The fourth-order valence-corrected chi connectivity index (χ4v) is 4.04. The Balaban J connectivity index is 1.44. The Labute approximate surface area is 181 Å². The number of carbonyl (C=O) groups is 3. The van der Waals surface area contributed by atoms with E-state index in [-0.39, 0.29) is 41.2 Å². The van der Waals surface area contributed by atoms with Crippen molar-refractivity contribution in [1.82, 2.24) is 15.1 Å². The first-order valence-corrected chi connectivity index (χ1v) is 10.5. The number of amides is 3. The largest absolute Gasteiger partial charge is 0.359 e. The molecule has 3 N–H and O–H groups in total. The summed E-state index contributed by atoms with van der Waals surface area (Å²) in [5.74, 6) is -1.19. The lowest BCUT2D eigenvalue weighted by molar-refractivity contribution is -0.144. The standard InChI is InChI=1S/C22H28FN5O3/c1-15(29)28-12-4-7-19(28)22(31)27-13-9-16(10-14-27)21(30)26-20(24)8-11-25-18-6-3-2-5-17(18)23/h2-3,5-6,8,11,16,19,25H,4,7,9-10,12-14H2,1H3,(H2,24,26,30)/b11-8-/t19-/m1/s1. The van der Waals surface area contributed by atoms with E-state index in [0.717, 1.165) is 6.42 Å². The highest BCUT2D eigenvalue weighted by molar-refractivity contribution is 6.03. The Morgan fingerprint density at radius 1 is 1.13 bits per heavy atom. The van der Waals surface area contributed by atoms with Crippen LogP contribution < -0.4 is 10.6 Å². The molecule has 0 saturated carbocycles. The third-order valence-corrected chi connectivity index (χ3v) is 5.74. The van der Waals surface area contributed by atoms with E-state index in [0.29, 0.717) is 38.9 Å². The van der Waals surface area contributed by atoms with Crippen molar-refractivity contribution in [1.29, 1.82) is 5.41 Å². The fraction of sp³-hybridized carbons (Fsp3) is 0.455. The first-order chi connectivity index (χ1) is 14.9. The van der Waals surface area contributed by atoms with Gasteiger partial charge in [-0.15, -0.1) is 0 Å². The first kappa shape index (κ1) is 22.5. The summed E-state index contributed by atoms with van der Waals surface area (Å²) in [5.41, 5.74) is 0.278. The maximum atomic E-state index is 13.5. The van der Waals surface area contributed by atoms with Crippen LogP contribution in [-0.4, -0.2) is 59.0 Å². The molecule has 3 amide bonds. The van der Waals surface area contributed by atoms with E-state index in [1.165, 1.54) is 25.3 Å². The maximum Gasteiger partial charge on any atom is 0.245 e. The van der Waals surface area contributed by atoms with Crippen LogP contribution in [0.3, 0.4) is 0 Å². The van der Waals surface area contributed by atoms with Crippen molar-refractivity contribution in [2.45, 2.75) is 38.6 Å². The van der Waals surface area contributed by atoms with Crippen molar-refractivity contribution in [3.63, 3.8) is 0 Å². The predicted octanol–water partition coefficient (Wildman–Crippen LogP) is 2.09. The van der Waals surface area contributed by atoms with E-state index in [9.17, 15) is 18.8 Å². The maximum absolute atomic E-state index is 13.5. The number of likely N-dealkylation sites (tertiary alicyclic amines) is 2. The van der Waals surface area contributed by atoms with Gasteiger partial charge in [0.05, 0.1) is 5.69 Å². The summed E-state index contributed by atoms with van der Waals surface area (Å²) >= 11 is 0. The monoisotopic (exact) mass is 429 g/mol. The van der Waals surface area contributed by atoms with Gasteiger partial charge in [0.1, 0.15) is 17.7 Å². The SMILES string of the molecule is CC(=O)N1CCC[C@@H]1C(=O)N1CCC(C(=O)NC(=N)/C=C\Nc2ccccc2F)CC1. The highest BCUT2D eigenvalue weighted by Gasteiger charge is 2.37. The van der Waals surface area contributed by atoms with Gasteiger partial charge in [-0.05, 0) is 43.9 Å². The second-order valence-corrected chi connectivity index (χ2v) is 7.83. The van der Waals surface area contributed by atoms with E-state index in [4.69, 9.17) is 5.41 Å². The van der Waals surface area contributed by atoms with Crippen LogP contribution in [0.5, 0.6) is 0 Å². The van der Waals surface area contributed by atoms with E-state index >= 15 is 0 Å². The van der Waals surface area contributed by atoms with Crippen molar-refractivity contribution in [2.24, 2.45) is 5.92 Å². The van der Waals surface area contributed by atoms with Crippen LogP contribution in [0.15, 0.2) is 36.5 Å². The minimum Gasteiger partial charge on any atom is -0.359 e. The minimum atomic E-state index is -0.409. The molecule has 1 aromatic rings. The predicted molar refractivity (Wildman–Crippen MR) is 115 cm³/mol. The van der Waals surface area contributed by atoms with Crippen LogP contribution >= 0.6 is 0 Å². The Morgan fingerprint density at radius 2 is 1.84 bits per heavy atom. The first-order valence-electron chi connectivity index (χ1n) is 10.5. The Morgan fingerprint density at radius 3 is 2.52 bits per heavy atom. The average molecular weight is 429 g/mol. The van der Waals surface area contributed by atoms with Crippen LogP contribution in [0, 0.1) is 17.1 Å².